The quantitative estimate of drug-likeness (QED) is 0.477. The molecule has 0 saturated heterocycles. The van der Waals surface area contributed by atoms with E-state index in [1.165, 1.54) is 6.20 Å². The third-order valence-electron chi connectivity index (χ3n) is 1.05. The van der Waals surface area contributed by atoms with Crippen molar-refractivity contribution in [2.45, 2.75) is 26.4 Å². The fourth-order valence-corrected chi connectivity index (χ4v) is 1.01. The number of nitrogens with zero attached hydrogens (tertiary/aromatic N) is 2. The fraction of sp³-hybridized carbons (Fsp3) is 0.444. The molecule has 4 nitrogen and oxygen atoms in total. The van der Waals surface area contributed by atoms with E-state index in [2.05, 4.69) is 21.4 Å². The fourth-order valence-electron chi connectivity index (χ4n) is 0.638. The molecular formula is C9H10N2O2S. The van der Waals surface area contributed by atoms with E-state index < -0.39 is 11.6 Å². The lowest BCUT2D eigenvalue weighted by Crippen LogP contribution is -2.22. The van der Waals surface area contributed by atoms with Crippen molar-refractivity contribution in [3.8, 4) is 11.8 Å². The van der Waals surface area contributed by atoms with Gasteiger partial charge in [0.15, 0.2) is 0 Å². The molecule has 1 heterocycles. The first-order chi connectivity index (χ1) is 6.47. The monoisotopic (exact) mass is 210 g/mol. The maximum atomic E-state index is 11.1. The highest BCUT2D eigenvalue weighted by Crippen LogP contribution is 2.06. The molecule has 1 aromatic rings. The molecule has 0 aliphatic carbocycles. The molecule has 0 aliphatic heterocycles. The molecule has 0 saturated carbocycles. The van der Waals surface area contributed by atoms with Gasteiger partial charge in [0.25, 0.3) is 0 Å². The predicted octanol–water partition coefficient (Wildman–Crippen LogP) is 1.23. The summed E-state index contributed by atoms with van der Waals surface area (Å²) >= 11 is 1.14. The van der Waals surface area contributed by atoms with Crippen LogP contribution >= 0.6 is 11.5 Å². The number of esters is 1. The highest BCUT2D eigenvalue weighted by Gasteiger charge is 2.14. The van der Waals surface area contributed by atoms with Gasteiger partial charge in [-0.25, -0.2) is 4.79 Å². The Morgan fingerprint density at radius 3 is 2.79 bits per heavy atom. The highest BCUT2D eigenvalue weighted by molar-refractivity contribution is 7.06. The molecule has 0 radical (unpaired) electrons. The normalized spacial score (nSPS) is 10.2. The lowest BCUT2D eigenvalue weighted by molar-refractivity contribution is -0.147. The molecule has 0 atom stereocenters. The van der Waals surface area contributed by atoms with Crippen molar-refractivity contribution in [1.82, 2.24) is 9.59 Å². The van der Waals surface area contributed by atoms with Crippen LogP contribution in [0.25, 0.3) is 0 Å². The van der Waals surface area contributed by atoms with Gasteiger partial charge in [-0.1, -0.05) is 4.49 Å². The second-order valence-electron chi connectivity index (χ2n) is 3.53. The van der Waals surface area contributed by atoms with E-state index in [0.717, 1.165) is 11.5 Å². The number of carbonyl (C=O) groups excluding carboxylic acids is 1. The molecule has 0 N–H and O–H groups in total. The summed E-state index contributed by atoms with van der Waals surface area (Å²) in [6.45, 7) is 5.38. The van der Waals surface area contributed by atoms with Crippen molar-refractivity contribution in [3.63, 3.8) is 0 Å². The summed E-state index contributed by atoms with van der Waals surface area (Å²) in [5, 5.41) is 3.59. The van der Waals surface area contributed by atoms with Crippen LogP contribution in [0.1, 0.15) is 25.6 Å². The Morgan fingerprint density at radius 1 is 1.57 bits per heavy atom. The van der Waals surface area contributed by atoms with Crippen LogP contribution in [0.2, 0.25) is 0 Å². The Morgan fingerprint density at radius 2 is 2.29 bits per heavy atom. The molecule has 0 bridgehead atoms. The molecule has 0 aliphatic rings. The topological polar surface area (TPSA) is 52.1 Å². The van der Waals surface area contributed by atoms with Gasteiger partial charge >= 0.3 is 5.97 Å². The molecule has 0 amide bonds. The van der Waals surface area contributed by atoms with Crippen molar-refractivity contribution < 1.29 is 9.53 Å². The van der Waals surface area contributed by atoms with E-state index >= 15 is 0 Å². The lowest BCUT2D eigenvalue weighted by Gasteiger charge is -2.16. The van der Waals surface area contributed by atoms with Gasteiger partial charge in [0.2, 0.25) is 0 Å². The van der Waals surface area contributed by atoms with Gasteiger partial charge in [-0.15, -0.1) is 5.10 Å². The van der Waals surface area contributed by atoms with Crippen molar-refractivity contribution in [2.24, 2.45) is 0 Å². The second kappa shape index (κ2) is 4.20. The Bertz CT molecular complexity index is 368. The van der Waals surface area contributed by atoms with Crippen LogP contribution in [0.3, 0.4) is 0 Å². The van der Waals surface area contributed by atoms with E-state index in [9.17, 15) is 4.79 Å². The number of carbonyl (C=O) groups is 1. The average molecular weight is 210 g/mol. The Kier molecular flexibility index (Phi) is 3.20. The van der Waals surface area contributed by atoms with Gasteiger partial charge in [0, 0.05) is 5.92 Å². The van der Waals surface area contributed by atoms with Crippen molar-refractivity contribution in [1.29, 1.82) is 0 Å². The van der Waals surface area contributed by atoms with E-state index in [-0.39, 0.29) is 0 Å². The van der Waals surface area contributed by atoms with Crippen molar-refractivity contribution in [2.75, 3.05) is 0 Å². The standard InChI is InChI=1S/C9H10N2O2S/c1-9(2,3)13-8(12)5-4-7-6-10-11-14-7/h6H,1-3H3. The summed E-state index contributed by atoms with van der Waals surface area (Å²) in [7, 11) is 0. The lowest BCUT2D eigenvalue weighted by atomic mass is 10.2. The Hall–Kier alpha value is -1.41. The number of rotatable bonds is 0. The van der Waals surface area contributed by atoms with Gasteiger partial charge in [-0.3, -0.25) is 0 Å². The zero-order valence-electron chi connectivity index (χ0n) is 8.20. The third kappa shape index (κ3) is 4.01. The van der Waals surface area contributed by atoms with Crippen LogP contribution in [0.15, 0.2) is 6.20 Å². The third-order valence-corrected chi connectivity index (χ3v) is 1.63. The predicted molar refractivity (Wildman–Crippen MR) is 52.6 cm³/mol. The van der Waals surface area contributed by atoms with Crippen LogP contribution in [-0.2, 0) is 9.53 Å². The SMILES string of the molecule is CC(C)(C)OC(=O)C#Cc1cnns1. The van der Waals surface area contributed by atoms with Gasteiger partial charge in [-0.05, 0) is 38.2 Å². The molecule has 74 valence electrons. The molecule has 0 spiro atoms. The van der Waals surface area contributed by atoms with Crippen LogP contribution in [0.5, 0.6) is 0 Å². The summed E-state index contributed by atoms with van der Waals surface area (Å²) < 4.78 is 8.60. The minimum Gasteiger partial charge on any atom is -0.450 e. The van der Waals surface area contributed by atoms with Crippen molar-refractivity contribution in [3.05, 3.63) is 11.1 Å². The largest absolute Gasteiger partial charge is 0.450 e. The summed E-state index contributed by atoms with van der Waals surface area (Å²) in [4.78, 5) is 11.8. The first kappa shape index (κ1) is 10.7. The van der Waals surface area contributed by atoms with Crippen LogP contribution in [-0.4, -0.2) is 21.2 Å². The van der Waals surface area contributed by atoms with E-state index in [4.69, 9.17) is 4.74 Å². The van der Waals surface area contributed by atoms with E-state index in [1.54, 1.807) is 20.8 Å². The Labute approximate surface area is 86.4 Å². The average Bonchev–Trinajstić information content (AvgIpc) is 2.49. The van der Waals surface area contributed by atoms with Gasteiger partial charge in [0.05, 0.1) is 6.20 Å². The number of hydrogen-bond acceptors (Lipinski definition) is 5. The van der Waals surface area contributed by atoms with E-state index in [0.29, 0.717) is 4.88 Å². The zero-order chi connectivity index (χ0) is 10.6. The summed E-state index contributed by atoms with van der Waals surface area (Å²) in [6.07, 6.45) is 1.50. The second-order valence-corrected chi connectivity index (χ2v) is 4.32. The molecule has 0 fully saturated rings. The first-order valence-corrected chi connectivity index (χ1v) is 4.77. The van der Waals surface area contributed by atoms with Crippen LogP contribution in [0, 0.1) is 11.8 Å². The summed E-state index contributed by atoms with van der Waals surface area (Å²) in [5.74, 6) is 4.44. The molecule has 0 aromatic carbocycles. The van der Waals surface area contributed by atoms with Gasteiger partial charge in [0.1, 0.15) is 10.5 Å². The summed E-state index contributed by atoms with van der Waals surface area (Å²) in [6, 6.07) is 0. The number of ether oxygens (including phenoxy) is 1. The maximum Gasteiger partial charge on any atom is 0.385 e. The molecule has 1 rings (SSSR count). The van der Waals surface area contributed by atoms with E-state index in [1.807, 2.05) is 0 Å². The minimum atomic E-state index is -0.536. The molecule has 1 aromatic heterocycles. The van der Waals surface area contributed by atoms with Crippen molar-refractivity contribution >= 4 is 17.5 Å². The summed E-state index contributed by atoms with van der Waals surface area (Å²) in [5.41, 5.74) is -0.502. The molecule has 14 heavy (non-hydrogen) atoms. The maximum absolute atomic E-state index is 11.1. The van der Waals surface area contributed by atoms with Gasteiger partial charge < -0.3 is 4.74 Å². The first-order valence-electron chi connectivity index (χ1n) is 4.00. The number of hydrogen-bond donors (Lipinski definition) is 0. The molecule has 5 heteroatoms. The highest BCUT2D eigenvalue weighted by atomic mass is 32.1. The molecule has 0 unspecified atom stereocenters. The minimum absolute atomic E-state index is 0.502. The molecular weight excluding hydrogens is 200 g/mol. The number of aromatic nitrogens is 2. The smallest absolute Gasteiger partial charge is 0.385 e. The Balaban J connectivity index is 2.57. The van der Waals surface area contributed by atoms with Gasteiger partial charge in [-0.2, -0.15) is 0 Å². The zero-order valence-corrected chi connectivity index (χ0v) is 9.01. The van der Waals surface area contributed by atoms with Crippen LogP contribution < -0.4 is 0 Å². The van der Waals surface area contributed by atoms with Crippen LogP contribution in [0.4, 0.5) is 0 Å².